The molecule has 1 aromatic carbocycles. The minimum Gasteiger partial charge on any atom is -0.491 e. The van der Waals surface area contributed by atoms with Crippen LogP contribution in [0.3, 0.4) is 0 Å². The van der Waals surface area contributed by atoms with Crippen LogP contribution >= 0.6 is 0 Å². The fourth-order valence-electron chi connectivity index (χ4n) is 1.76. The number of benzene rings is 1. The van der Waals surface area contributed by atoms with E-state index < -0.39 is 23.4 Å². The van der Waals surface area contributed by atoms with Crippen LogP contribution in [0.4, 0.5) is 9.18 Å². The van der Waals surface area contributed by atoms with Crippen molar-refractivity contribution in [2.24, 2.45) is 5.84 Å². The van der Waals surface area contributed by atoms with Gasteiger partial charge in [-0.2, -0.15) is 0 Å². The van der Waals surface area contributed by atoms with E-state index in [1.54, 1.807) is 33.8 Å². The number of hydrazine groups is 1. The van der Waals surface area contributed by atoms with E-state index in [-0.39, 0.29) is 24.6 Å². The zero-order valence-corrected chi connectivity index (χ0v) is 14.3. The van der Waals surface area contributed by atoms with E-state index in [2.05, 4.69) is 5.32 Å². The molecule has 0 saturated carbocycles. The summed E-state index contributed by atoms with van der Waals surface area (Å²) in [6.07, 6.45) is -0.702. The molecule has 0 saturated heterocycles. The number of hydrogen-bond acceptors (Lipinski definition) is 5. The van der Waals surface area contributed by atoms with E-state index in [1.807, 2.05) is 5.43 Å². The Morgan fingerprint density at radius 2 is 2.00 bits per heavy atom. The number of nitrogens with one attached hydrogen (secondary N) is 2. The Balaban J connectivity index is 2.51. The van der Waals surface area contributed by atoms with Crippen molar-refractivity contribution >= 4 is 12.0 Å². The van der Waals surface area contributed by atoms with Crippen LogP contribution in [0.2, 0.25) is 0 Å². The van der Waals surface area contributed by atoms with Gasteiger partial charge in [-0.1, -0.05) is 6.07 Å². The molecule has 0 aliphatic heterocycles. The highest BCUT2D eigenvalue weighted by Crippen LogP contribution is 2.17. The van der Waals surface area contributed by atoms with E-state index >= 15 is 0 Å². The average molecular weight is 341 g/mol. The first-order chi connectivity index (χ1) is 11.1. The summed E-state index contributed by atoms with van der Waals surface area (Å²) in [5, 5.41) is 2.62. The Hall–Kier alpha value is -2.35. The Kier molecular flexibility index (Phi) is 6.97. The number of alkyl carbamates (subject to hydrolysis) is 1. The van der Waals surface area contributed by atoms with Crippen LogP contribution < -0.4 is 21.3 Å². The summed E-state index contributed by atoms with van der Waals surface area (Å²) < 4.78 is 24.4. The summed E-state index contributed by atoms with van der Waals surface area (Å²) >= 11 is 0. The van der Waals surface area contributed by atoms with E-state index in [0.29, 0.717) is 5.75 Å². The predicted molar refractivity (Wildman–Crippen MR) is 86.8 cm³/mol. The summed E-state index contributed by atoms with van der Waals surface area (Å²) in [6, 6.07) is 3.85. The molecule has 0 radical (unpaired) electrons. The summed E-state index contributed by atoms with van der Waals surface area (Å²) in [5.74, 6) is 4.21. The molecule has 0 spiro atoms. The monoisotopic (exact) mass is 341 g/mol. The zero-order chi connectivity index (χ0) is 18.3. The third-order valence-corrected chi connectivity index (χ3v) is 2.80. The first kappa shape index (κ1) is 19.7. The van der Waals surface area contributed by atoms with Gasteiger partial charge >= 0.3 is 6.09 Å². The maximum Gasteiger partial charge on any atom is 0.407 e. The van der Waals surface area contributed by atoms with Crippen molar-refractivity contribution in [3.63, 3.8) is 0 Å². The van der Waals surface area contributed by atoms with Gasteiger partial charge in [-0.05, 0) is 39.3 Å². The van der Waals surface area contributed by atoms with Crippen LogP contribution in [0.1, 0.15) is 33.3 Å². The van der Waals surface area contributed by atoms with E-state index in [4.69, 9.17) is 15.3 Å². The molecule has 1 atom stereocenters. The molecule has 7 nitrogen and oxygen atoms in total. The molecular weight excluding hydrogens is 317 g/mol. The van der Waals surface area contributed by atoms with Crippen LogP contribution in [-0.2, 0) is 16.0 Å². The summed E-state index contributed by atoms with van der Waals surface area (Å²) in [4.78, 5) is 22.8. The van der Waals surface area contributed by atoms with Gasteiger partial charge in [0.2, 0.25) is 5.91 Å². The summed E-state index contributed by atoms with van der Waals surface area (Å²) in [5.41, 5.74) is 1.57. The van der Waals surface area contributed by atoms with Gasteiger partial charge in [0.15, 0.2) is 0 Å². The van der Waals surface area contributed by atoms with Gasteiger partial charge in [-0.3, -0.25) is 10.2 Å². The maximum absolute atomic E-state index is 13.9. The number of amides is 2. The van der Waals surface area contributed by atoms with Crippen molar-refractivity contribution in [2.75, 3.05) is 6.61 Å². The maximum atomic E-state index is 13.9. The summed E-state index contributed by atoms with van der Waals surface area (Å²) in [7, 11) is 0. The second-order valence-corrected chi connectivity index (χ2v) is 6.36. The van der Waals surface area contributed by atoms with E-state index in [9.17, 15) is 14.0 Å². The highest BCUT2D eigenvalue weighted by Gasteiger charge is 2.18. The van der Waals surface area contributed by atoms with Crippen LogP contribution in [-0.4, -0.2) is 30.3 Å². The lowest BCUT2D eigenvalue weighted by molar-refractivity contribution is -0.120. The van der Waals surface area contributed by atoms with Gasteiger partial charge in [0.25, 0.3) is 0 Å². The van der Waals surface area contributed by atoms with Crippen molar-refractivity contribution in [1.29, 1.82) is 0 Å². The van der Waals surface area contributed by atoms with Gasteiger partial charge in [0.1, 0.15) is 23.8 Å². The van der Waals surface area contributed by atoms with Gasteiger partial charge < -0.3 is 14.8 Å². The SMILES string of the molecule is C[C@H](COc1ccc(CC(=O)NN)c(F)c1)NC(=O)OC(C)(C)C. The smallest absolute Gasteiger partial charge is 0.407 e. The first-order valence-electron chi connectivity index (χ1n) is 7.51. The fourth-order valence-corrected chi connectivity index (χ4v) is 1.76. The molecule has 2 amide bonds. The minimum absolute atomic E-state index is 0.140. The number of carbonyl (C=O) groups is 2. The molecule has 0 unspecified atom stereocenters. The highest BCUT2D eigenvalue weighted by molar-refractivity contribution is 5.78. The number of nitrogens with two attached hydrogens (primary N) is 1. The molecule has 0 fully saturated rings. The molecule has 0 aromatic heterocycles. The predicted octanol–water partition coefficient (Wildman–Crippen LogP) is 1.65. The molecule has 0 aliphatic rings. The normalized spacial score (nSPS) is 12.2. The standard InChI is InChI=1S/C16H24FN3O4/c1-10(19-15(22)24-16(2,3)4)9-23-12-6-5-11(13(17)8-12)7-14(21)20-18/h5-6,8,10H,7,9,18H2,1-4H3,(H,19,22)(H,20,21)/t10-/m1/s1. The number of ether oxygens (including phenoxy) is 2. The second-order valence-electron chi connectivity index (χ2n) is 6.36. The lowest BCUT2D eigenvalue weighted by Gasteiger charge is -2.22. The van der Waals surface area contributed by atoms with Crippen molar-refractivity contribution in [3.8, 4) is 5.75 Å². The summed E-state index contributed by atoms with van der Waals surface area (Å²) in [6.45, 7) is 7.18. The average Bonchev–Trinajstić information content (AvgIpc) is 2.45. The van der Waals surface area contributed by atoms with Crippen LogP contribution in [0.15, 0.2) is 18.2 Å². The molecule has 1 rings (SSSR count). The number of carbonyl (C=O) groups excluding carboxylic acids is 2. The Bertz CT molecular complexity index is 587. The van der Waals surface area contributed by atoms with Crippen molar-refractivity contribution < 1.29 is 23.5 Å². The van der Waals surface area contributed by atoms with Crippen LogP contribution in [0.5, 0.6) is 5.75 Å². The van der Waals surface area contributed by atoms with E-state index in [0.717, 1.165) is 0 Å². The highest BCUT2D eigenvalue weighted by atomic mass is 19.1. The van der Waals surface area contributed by atoms with Crippen molar-refractivity contribution in [3.05, 3.63) is 29.6 Å². The van der Waals surface area contributed by atoms with Crippen molar-refractivity contribution in [1.82, 2.24) is 10.7 Å². The molecule has 0 aliphatic carbocycles. The van der Waals surface area contributed by atoms with Crippen molar-refractivity contribution in [2.45, 2.75) is 45.8 Å². The Morgan fingerprint density at radius 1 is 1.33 bits per heavy atom. The molecular formula is C16H24FN3O4. The van der Waals surface area contributed by atoms with Gasteiger partial charge in [-0.25, -0.2) is 15.0 Å². The topological polar surface area (TPSA) is 103 Å². The number of halogens is 1. The lowest BCUT2D eigenvalue weighted by atomic mass is 10.1. The molecule has 4 N–H and O–H groups in total. The molecule has 0 bridgehead atoms. The molecule has 1 aromatic rings. The van der Waals surface area contributed by atoms with Crippen LogP contribution in [0.25, 0.3) is 0 Å². The van der Waals surface area contributed by atoms with Gasteiger partial charge in [-0.15, -0.1) is 0 Å². The molecule has 134 valence electrons. The molecule has 24 heavy (non-hydrogen) atoms. The fraction of sp³-hybridized carbons (Fsp3) is 0.500. The quantitative estimate of drug-likeness (QED) is 0.415. The van der Waals surface area contributed by atoms with Gasteiger partial charge in [0, 0.05) is 6.07 Å². The third-order valence-electron chi connectivity index (χ3n) is 2.80. The van der Waals surface area contributed by atoms with Gasteiger partial charge in [0.05, 0.1) is 12.5 Å². The largest absolute Gasteiger partial charge is 0.491 e. The number of hydrogen-bond donors (Lipinski definition) is 3. The molecule has 0 heterocycles. The molecule has 8 heteroatoms. The lowest BCUT2D eigenvalue weighted by Crippen LogP contribution is -2.40. The number of rotatable bonds is 6. The van der Waals surface area contributed by atoms with E-state index in [1.165, 1.54) is 12.1 Å². The minimum atomic E-state index is -0.584. The van der Waals surface area contributed by atoms with Crippen LogP contribution in [0, 0.1) is 5.82 Å². The first-order valence-corrected chi connectivity index (χ1v) is 7.51. The second kappa shape index (κ2) is 8.49. The Labute approximate surface area is 140 Å². The zero-order valence-electron chi connectivity index (χ0n) is 14.3. The third kappa shape index (κ3) is 7.28. The Morgan fingerprint density at radius 3 is 2.54 bits per heavy atom.